The molecule has 1 amide bonds. The highest BCUT2D eigenvalue weighted by atomic mass is 16.4. The Hall–Kier alpha value is -2.64. The first kappa shape index (κ1) is 17.2. The number of carboxylic acid groups (broad SMARTS) is 1. The first-order chi connectivity index (χ1) is 11.8. The van der Waals surface area contributed by atoms with Gasteiger partial charge in [0.15, 0.2) is 5.65 Å². The number of likely N-dealkylation sites (tertiary alicyclic amines) is 1. The van der Waals surface area contributed by atoms with E-state index in [2.05, 4.69) is 10.1 Å². The molecule has 0 bridgehead atoms. The molecule has 2 aromatic rings. The van der Waals surface area contributed by atoms with Crippen LogP contribution in [0.5, 0.6) is 0 Å². The molecule has 0 aromatic carbocycles. The second-order valence-corrected chi connectivity index (χ2v) is 6.61. The zero-order valence-electron chi connectivity index (χ0n) is 14.6. The van der Waals surface area contributed by atoms with Gasteiger partial charge in [0.2, 0.25) is 5.91 Å². The molecule has 1 aliphatic heterocycles. The fraction of sp³-hybridized carbons (Fsp3) is 0.529. The molecular formula is C17H22N4O4. The summed E-state index contributed by atoms with van der Waals surface area (Å²) >= 11 is 0. The van der Waals surface area contributed by atoms with Crippen molar-refractivity contribution in [3.63, 3.8) is 0 Å². The van der Waals surface area contributed by atoms with E-state index in [0.717, 1.165) is 18.4 Å². The van der Waals surface area contributed by atoms with Crippen molar-refractivity contribution in [2.45, 2.75) is 45.6 Å². The molecule has 134 valence electrons. The summed E-state index contributed by atoms with van der Waals surface area (Å²) in [5.41, 5.74) is 2.41. The number of hydrogen-bond donors (Lipinski definition) is 2. The molecule has 2 aromatic heterocycles. The van der Waals surface area contributed by atoms with E-state index in [-0.39, 0.29) is 17.9 Å². The normalized spacial score (nSPS) is 17.9. The quantitative estimate of drug-likeness (QED) is 0.858. The van der Waals surface area contributed by atoms with Crippen molar-refractivity contribution in [3.8, 4) is 0 Å². The van der Waals surface area contributed by atoms with Crippen LogP contribution in [0.4, 0.5) is 0 Å². The van der Waals surface area contributed by atoms with Crippen LogP contribution in [-0.4, -0.2) is 49.2 Å². The Bertz CT molecular complexity index is 911. The van der Waals surface area contributed by atoms with E-state index >= 15 is 0 Å². The van der Waals surface area contributed by atoms with Crippen LogP contribution in [0.15, 0.2) is 4.79 Å². The molecule has 1 aliphatic rings. The van der Waals surface area contributed by atoms with Gasteiger partial charge in [0.05, 0.1) is 11.8 Å². The SMILES string of the molecule is Cc1nc2c(c(C)c1CC(=O)N1CCCCC1C(=O)O)c(=O)[nH]n2C. The summed E-state index contributed by atoms with van der Waals surface area (Å²) in [6, 6.07) is -0.765. The molecule has 3 rings (SSSR count). The Kier molecular flexibility index (Phi) is 4.36. The molecule has 0 aliphatic carbocycles. The number of aromatic amines is 1. The zero-order chi connectivity index (χ0) is 18.3. The fourth-order valence-corrected chi connectivity index (χ4v) is 3.65. The molecule has 8 heteroatoms. The topological polar surface area (TPSA) is 108 Å². The number of carboxylic acids is 1. The molecule has 1 unspecified atom stereocenters. The lowest BCUT2D eigenvalue weighted by atomic mass is 9.98. The Morgan fingerprint density at radius 1 is 1.32 bits per heavy atom. The fourth-order valence-electron chi connectivity index (χ4n) is 3.65. The van der Waals surface area contributed by atoms with Gasteiger partial charge in [-0.25, -0.2) is 9.78 Å². The molecule has 8 nitrogen and oxygen atoms in total. The number of nitrogens with zero attached hydrogens (tertiary/aromatic N) is 3. The third-order valence-electron chi connectivity index (χ3n) is 5.01. The molecule has 1 saturated heterocycles. The number of carbonyl (C=O) groups excluding carboxylic acids is 1. The monoisotopic (exact) mass is 346 g/mol. The molecule has 0 radical (unpaired) electrons. The van der Waals surface area contributed by atoms with Gasteiger partial charge in [-0.15, -0.1) is 0 Å². The molecule has 1 atom stereocenters. The molecule has 1 fully saturated rings. The van der Waals surface area contributed by atoms with E-state index in [4.69, 9.17) is 0 Å². The maximum Gasteiger partial charge on any atom is 0.326 e. The van der Waals surface area contributed by atoms with Gasteiger partial charge in [-0.3, -0.25) is 19.4 Å². The van der Waals surface area contributed by atoms with E-state index < -0.39 is 12.0 Å². The van der Waals surface area contributed by atoms with Crippen LogP contribution in [0.3, 0.4) is 0 Å². The first-order valence-corrected chi connectivity index (χ1v) is 8.38. The summed E-state index contributed by atoms with van der Waals surface area (Å²) < 4.78 is 1.56. The number of aryl methyl sites for hydroxylation is 3. The molecule has 0 saturated carbocycles. The number of aliphatic carboxylic acids is 1. The summed E-state index contributed by atoms with van der Waals surface area (Å²) in [6.45, 7) is 4.06. The molecular weight excluding hydrogens is 324 g/mol. The minimum absolute atomic E-state index is 0.0543. The van der Waals surface area contributed by atoms with Gasteiger partial charge in [0, 0.05) is 19.3 Å². The predicted octanol–water partition coefficient (Wildman–Crippen LogP) is 0.887. The van der Waals surface area contributed by atoms with E-state index in [1.807, 2.05) is 0 Å². The van der Waals surface area contributed by atoms with Gasteiger partial charge in [-0.05, 0) is 44.2 Å². The van der Waals surface area contributed by atoms with Gasteiger partial charge in [0.25, 0.3) is 5.56 Å². The van der Waals surface area contributed by atoms with Crippen molar-refractivity contribution in [1.29, 1.82) is 0 Å². The summed E-state index contributed by atoms with van der Waals surface area (Å²) in [6.07, 6.45) is 2.15. The van der Waals surface area contributed by atoms with Crippen LogP contribution in [0.2, 0.25) is 0 Å². The van der Waals surface area contributed by atoms with Crippen molar-refractivity contribution in [2.24, 2.45) is 7.05 Å². The number of aromatic nitrogens is 3. The van der Waals surface area contributed by atoms with Crippen molar-refractivity contribution in [3.05, 3.63) is 27.2 Å². The van der Waals surface area contributed by atoms with Gasteiger partial charge in [-0.2, -0.15) is 0 Å². The van der Waals surface area contributed by atoms with E-state index in [9.17, 15) is 19.5 Å². The third-order valence-corrected chi connectivity index (χ3v) is 5.01. The Morgan fingerprint density at radius 2 is 2.04 bits per heavy atom. The summed E-state index contributed by atoms with van der Waals surface area (Å²) in [5.74, 6) is -1.19. The Morgan fingerprint density at radius 3 is 2.72 bits per heavy atom. The average molecular weight is 346 g/mol. The Balaban J connectivity index is 1.97. The largest absolute Gasteiger partial charge is 0.480 e. The number of rotatable bonds is 3. The van der Waals surface area contributed by atoms with Gasteiger partial charge in [-0.1, -0.05) is 0 Å². The van der Waals surface area contributed by atoms with Crippen LogP contribution in [0.1, 0.15) is 36.1 Å². The third kappa shape index (κ3) is 2.92. The second-order valence-electron chi connectivity index (χ2n) is 6.61. The molecule has 3 heterocycles. The van der Waals surface area contributed by atoms with Crippen LogP contribution in [0.25, 0.3) is 11.0 Å². The zero-order valence-corrected chi connectivity index (χ0v) is 14.6. The molecule has 2 N–H and O–H groups in total. The lowest BCUT2D eigenvalue weighted by Crippen LogP contribution is -2.48. The summed E-state index contributed by atoms with van der Waals surface area (Å²) in [5, 5.41) is 12.5. The van der Waals surface area contributed by atoms with Crippen LogP contribution in [0, 0.1) is 13.8 Å². The van der Waals surface area contributed by atoms with Crippen molar-refractivity contribution < 1.29 is 14.7 Å². The highest BCUT2D eigenvalue weighted by Crippen LogP contribution is 2.23. The highest BCUT2D eigenvalue weighted by molar-refractivity contribution is 5.87. The molecule has 25 heavy (non-hydrogen) atoms. The lowest BCUT2D eigenvalue weighted by molar-refractivity contribution is -0.151. The van der Waals surface area contributed by atoms with Crippen molar-refractivity contribution in [1.82, 2.24) is 19.7 Å². The van der Waals surface area contributed by atoms with Crippen molar-refractivity contribution >= 4 is 22.9 Å². The van der Waals surface area contributed by atoms with Crippen molar-refractivity contribution in [2.75, 3.05) is 6.54 Å². The van der Waals surface area contributed by atoms with E-state index in [0.29, 0.717) is 35.3 Å². The number of nitrogens with one attached hydrogen (secondary N) is 1. The summed E-state index contributed by atoms with van der Waals surface area (Å²) in [4.78, 5) is 42.2. The van der Waals surface area contributed by atoms with Crippen LogP contribution >= 0.6 is 0 Å². The second kappa shape index (κ2) is 6.34. The minimum atomic E-state index is -0.963. The first-order valence-electron chi connectivity index (χ1n) is 8.38. The van der Waals surface area contributed by atoms with Gasteiger partial charge in [0.1, 0.15) is 6.04 Å². The highest BCUT2D eigenvalue weighted by Gasteiger charge is 2.32. The molecule has 0 spiro atoms. The smallest absolute Gasteiger partial charge is 0.326 e. The van der Waals surface area contributed by atoms with Crippen LogP contribution < -0.4 is 5.56 Å². The van der Waals surface area contributed by atoms with Gasteiger partial charge < -0.3 is 10.0 Å². The summed E-state index contributed by atoms with van der Waals surface area (Å²) in [7, 11) is 1.71. The number of H-pyrrole nitrogens is 1. The number of piperidine rings is 1. The number of fused-ring (bicyclic) bond motifs is 1. The maximum atomic E-state index is 12.8. The van der Waals surface area contributed by atoms with Crippen LogP contribution in [-0.2, 0) is 23.1 Å². The van der Waals surface area contributed by atoms with E-state index in [1.165, 1.54) is 4.90 Å². The Labute approximate surface area is 144 Å². The lowest BCUT2D eigenvalue weighted by Gasteiger charge is -2.33. The van der Waals surface area contributed by atoms with Gasteiger partial charge >= 0.3 is 5.97 Å². The number of pyridine rings is 1. The average Bonchev–Trinajstić information content (AvgIpc) is 2.85. The number of hydrogen-bond acceptors (Lipinski definition) is 4. The predicted molar refractivity (Wildman–Crippen MR) is 91.5 cm³/mol. The maximum absolute atomic E-state index is 12.8. The van der Waals surface area contributed by atoms with E-state index in [1.54, 1.807) is 25.6 Å². The minimum Gasteiger partial charge on any atom is -0.480 e. The number of carbonyl (C=O) groups is 2. The standard InChI is InChI=1S/C17H22N4O4/c1-9-11(10(2)18-15-14(9)16(23)19-20(15)3)8-13(22)21-7-5-4-6-12(21)17(24)25/h12H,4-8H2,1-3H3,(H,19,23)(H,24,25). The number of amides is 1.